The van der Waals surface area contributed by atoms with Crippen LogP contribution in [0.5, 0.6) is 0 Å². The average Bonchev–Trinajstić information content (AvgIpc) is 2.27. The molecule has 0 spiro atoms. The lowest BCUT2D eigenvalue weighted by atomic mass is 10.2. The molecule has 0 N–H and O–H groups in total. The zero-order valence-electron chi connectivity index (χ0n) is 8.53. The molecule has 0 saturated heterocycles. The van der Waals surface area contributed by atoms with E-state index in [0.29, 0.717) is 0 Å². The molecule has 72 valence electrons. The number of hydrogen-bond acceptors (Lipinski definition) is 1. The summed E-state index contributed by atoms with van der Waals surface area (Å²) in [6.45, 7) is 3.21. The number of hydrogen-bond donors (Lipinski definition) is 0. The molecular formula is C12H14NS+. The van der Waals surface area contributed by atoms with Crippen LogP contribution in [0.15, 0.2) is 41.4 Å². The third kappa shape index (κ3) is 1.50. The van der Waals surface area contributed by atoms with Crippen molar-refractivity contribution >= 4 is 22.7 Å². The van der Waals surface area contributed by atoms with Crippen molar-refractivity contribution in [3.8, 4) is 0 Å². The Morgan fingerprint density at radius 3 is 2.64 bits per heavy atom. The predicted molar refractivity (Wildman–Crippen MR) is 61.6 cm³/mol. The summed E-state index contributed by atoms with van der Waals surface area (Å²) < 4.78 is 2.35. The van der Waals surface area contributed by atoms with Crippen LogP contribution >= 0.6 is 11.8 Å². The molecule has 0 atom stereocenters. The topological polar surface area (TPSA) is 3.88 Å². The molecule has 2 rings (SSSR count). The highest BCUT2D eigenvalue weighted by Crippen LogP contribution is 2.15. The van der Waals surface area contributed by atoms with Crippen LogP contribution in [0.25, 0.3) is 10.9 Å². The lowest BCUT2D eigenvalue weighted by Gasteiger charge is -2.02. The molecule has 0 aliphatic rings. The van der Waals surface area contributed by atoms with Crippen molar-refractivity contribution in [1.29, 1.82) is 0 Å². The van der Waals surface area contributed by atoms with Gasteiger partial charge in [-0.25, -0.2) is 0 Å². The van der Waals surface area contributed by atoms with Crippen molar-refractivity contribution in [2.24, 2.45) is 0 Å². The Morgan fingerprint density at radius 2 is 1.93 bits per heavy atom. The number of para-hydroxylation sites is 1. The SMILES string of the molecule is CC[n+]1c(SC)ccc2ccccc21. The Kier molecular flexibility index (Phi) is 2.73. The number of fused-ring (bicyclic) bond motifs is 1. The normalized spacial score (nSPS) is 10.7. The number of aryl methyl sites for hydroxylation is 1. The van der Waals surface area contributed by atoms with Gasteiger partial charge in [0.25, 0.3) is 0 Å². The lowest BCUT2D eigenvalue weighted by Crippen LogP contribution is -2.35. The van der Waals surface area contributed by atoms with Crippen molar-refractivity contribution in [2.75, 3.05) is 6.26 Å². The molecule has 0 unspecified atom stereocenters. The van der Waals surface area contributed by atoms with Crippen LogP contribution in [-0.4, -0.2) is 6.26 Å². The highest BCUT2D eigenvalue weighted by atomic mass is 32.2. The molecule has 0 saturated carbocycles. The number of pyridine rings is 1. The number of rotatable bonds is 2. The molecule has 0 aliphatic heterocycles. The number of thioether (sulfide) groups is 1. The fraction of sp³-hybridized carbons (Fsp3) is 0.250. The van der Waals surface area contributed by atoms with Crippen LogP contribution in [0.3, 0.4) is 0 Å². The van der Waals surface area contributed by atoms with Crippen LogP contribution < -0.4 is 4.57 Å². The lowest BCUT2D eigenvalue weighted by molar-refractivity contribution is -0.704. The molecule has 0 amide bonds. The van der Waals surface area contributed by atoms with E-state index in [1.165, 1.54) is 15.9 Å². The van der Waals surface area contributed by atoms with Gasteiger partial charge in [-0.05, 0) is 25.3 Å². The molecule has 0 fully saturated rings. The van der Waals surface area contributed by atoms with Crippen molar-refractivity contribution in [3.05, 3.63) is 36.4 Å². The quantitative estimate of drug-likeness (QED) is 0.537. The first kappa shape index (κ1) is 9.53. The minimum Gasteiger partial charge on any atom is -0.186 e. The summed E-state index contributed by atoms with van der Waals surface area (Å²) in [5.41, 5.74) is 1.32. The van der Waals surface area contributed by atoms with Crippen molar-refractivity contribution < 1.29 is 4.57 Å². The average molecular weight is 204 g/mol. The van der Waals surface area contributed by atoms with Crippen molar-refractivity contribution in [2.45, 2.75) is 18.5 Å². The summed E-state index contributed by atoms with van der Waals surface area (Å²) in [7, 11) is 0. The van der Waals surface area contributed by atoms with Crippen LogP contribution in [0.2, 0.25) is 0 Å². The van der Waals surface area contributed by atoms with E-state index in [4.69, 9.17) is 0 Å². The molecule has 0 radical (unpaired) electrons. The summed E-state index contributed by atoms with van der Waals surface area (Å²) in [6.07, 6.45) is 2.12. The van der Waals surface area contributed by atoms with E-state index in [2.05, 4.69) is 54.1 Å². The second-order valence-electron chi connectivity index (χ2n) is 3.18. The first-order chi connectivity index (χ1) is 6.86. The zero-order chi connectivity index (χ0) is 9.97. The fourth-order valence-corrected chi connectivity index (χ4v) is 2.40. The summed E-state index contributed by atoms with van der Waals surface area (Å²) >= 11 is 1.80. The smallest absolute Gasteiger partial charge is 0.186 e. The summed E-state index contributed by atoms with van der Waals surface area (Å²) in [5, 5.41) is 2.64. The van der Waals surface area contributed by atoms with Gasteiger partial charge < -0.3 is 0 Å². The van der Waals surface area contributed by atoms with E-state index in [-0.39, 0.29) is 0 Å². The van der Waals surface area contributed by atoms with Gasteiger partial charge in [0.15, 0.2) is 0 Å². The van der Waals surface area contributed by atoms with E-state index < -0.39 is 0 Å². The maximum Gasteiger partial charge on any atom is 0.240 e. The second kappa shape index (κ2) is 4.01. The van der Waals surface area contributed by atoms with Gasteiger partial charge in [-0.15, -0.1) is 0 Å². The van der Waals surface area contributed by atoms with Crippen LogP contribution in [0, 0.1) is 0 Å². The minimum absolute atomic E-state index is 1.03. The first-order valence-corrected chi connectivity index (χ1v) is 6.05. The van der Waals surface area contributed by atoms with Crippen molar-refractivity contribution in [1.82, 2.24) is 0 Å². The molecule has 14 heavy (non-hydrogen) atoms. The van der Waals surface area contributed by atoms with Crippen LogP contribution in [0.1, 0.15) is 6.92 Å². The Labute approximate surface area is 88.8 Å². The fourth-order valence-electron chi connectivity index (χ4n) is 1.75. The van der Waals surface area contributed by atoms with Gasteiger partial charge in [0.05, 0.1) is 0 Å². The Hall–Kier alpha value is -1.02. The highest BCUT2D eigenvalue weighted by molar-refractivity contribution is 7.98. The van der Waals surface area contributed by atoms with Crippen LogP contribution in [-0.2, 0) is 6.54 Å². The van der Waals surface area contributed by atoms with Gasteiger partial charge in [-0.1, -0.05) is 23.9 Å². The van der Waals surface area contributed by atoms with E-state index in [9.17, 15) is 0 Å². The Balaban J connectivity index is 2.77. The molecule has 2 aromatic rings. The summed E-state index contributed by atoms with van der Waals surface area (Å²) in [4.78, 5) is 0. The molecule has 0 bridgehead atoms. The van der Waals surface area contributed by atoms with Crippen molar-refractivity contribution in [3.63, 3.8) is 0 Å². The third-order valence-electron chi connectivity index (χ3n) is 2.42. The van der Waals surface area contributed by atoms with Gasteiger partial charge in [-0.3, -0.25) is 0 Å². The van der Waals surface area contributed by atoms with Gasteiger partial charge in [0.1, 0.15) is 6.54 Å². The van der Waals surface area contributed by atoms with Gasteiger partial charge in [0.2, 0.25) is 10.5 Å². The molecule has 1 aromatic carbocycles. The standard InChI is InChI=1S/C12H14NS/c1-3-13-11-7-5-4-6-10(11)8-9-12(13)14-2/h4-9H,3H2,1-2H3/q+1. The Bertz CT molecular complexity index is 451. The summed E-state index contributed by atoms with van der Waals surface area (Å²) in [6, 6.07) is 12.9. The molecule has 1 nitrogen and oxygen atoms in total. The molecule has 0 aliphatic carbocycles. The third-order valence-corrected chi connectivity index (χ3v) is 3.20. The van der Waals surface area contributed by atoms with Gasteiger partial charge >= 0.3 is 0 Å². The maximum absolute atomic E-state index is 2.35. The van der Waals surface area contributed by atoms with E-state index in [0.717, 1.165) is 6.54 Å². The summed E-state index contributed by atoms with van der Waals surface area (Å²) in [5.74, 6) is 0. The van der Waals surface area contributed by atoms with E-state index in [1.54, 1.807) is 11.8 Å². The maximum atomic E-state index is 2.35. The predicted octanol–water partition coefficient (Wildman–Crippen LogP) is 2.87. The van der Waals surface area contributed by atoms with E-state index >= 15 is 0 Å². The minimum atomic E-state index is 1.03. The zero-order valence-corrected chi connectivity index (χ0v) is 9.34. The Morgan fingerprint density at radius 1 is 1.14 bits per heavy atom. The van der Waals surface area contributed by atoms with Crippen LogP contribution in [0.4, 0.5) is 0 Å². The first-order valence-electron chi connectivity index (χ1n) is 4.82. The monoisotopic (exact) mass is 204 g/mol. The number of benzene rings is 1. The van der Waals surface area contributed by atoms with Gasteiger partial charge in [-0.2, -0.15) is 4.57 Å². The molecule has 1 heterocycles. The number of aromatic nitrogens is 1. The second-order valence-corrected chi connectivity index (χ2v) is 4.01. The highest BCUT2D eigenvalue weighted by Gasteiger charge is 2.11. The molecule has 1 aromatic heterocycles. The molecule has 2 heteroatoms. The van der Waals surface area contributed by atoms with Gasteiger partial charge in [0, 0.05) is 17.5 Å². The largest absolute Gasteiger partial charge is 0.240 e. The number of nitrogens with zero attached hydrogens (tertiary/aromatic N) is 1. The van der Waals surface area contributed by atoms with E-state index in [1.807, 2.05) is 0 Å². The molecular weight excluding hydrogens is 190 g/mol.